The lowest BCUT2D eigenvalue weighted by Gasteiger charge is -2.73. The van der Waals surface area contributed by atoms with Crippen molar-refractivity contribution in [3.8, 4) is 0 Å². The molecule has 8 nitrogen and oxygen atoms in total. The summed E-state index contributed by atoms with van der Waals surface area (Å²) in [6.45, 7) is 21.6. The fraction of sp³-hybridized carbons (Fsp3) is 0.857. The Kier molecular flexibility index (Phi) is 9.42. The lowest BCUT2D eigenvalue weighted by atomic mass is 9.32. The number of hydrogen-bond donors (Lipinski definition) is 3. The van der Waals surface area contributed by atoms with E-state index in [0.717, 1.165) is 56.9 Å². The van der Waals surface area contributed by atoms with Crippen molar-refractivity contribution in [1.29, 1.82) is 0 Å². The summed E-state index contributed by atoms with van der Waals surface area (Å²) in [7, 11) is 0. The molecule has 12 atom stereocenters. The van der Waals surface area contributed by atoms with Crippen molar-refractivity contribution in [2.24, 2.45) is 68.0 Å². The molecule has 0 spiro atoms. The monoisotopic (exact) mass is 731 g/mol. The summed E-state index contributed by atoms with van der Waals surface area (Å²) in [5.41, 5.74) is -1.28. The Morgan fingerprint density at radius 1 is 0.865 bits per heavy atom. The van der Waals surface area contributed by atoms with Gasteiger partial charge >= 0.3 is 17.9 Å². The number of carbonyl (C=O) groups excluding carboxylic acids is 2. The van der Waals surface area contributed by atoms with Crippen LogP contribution in [0.5, 0.6) is 0 Å². The molecule has 0 aliphatic heterocycles. The van der Waals surface area contributed by atoms with Crippen molar-refractivity contribution < 1.29 is 42.9 Å². The van der Waals surface area contributed by atoms with E-state index in [-0.39, 0.29) is 64.3 Å². The number of alkyl halides is 2. The van der Waals surface area contributed by atoms with Crippen molar-refractivity contribution in [3.05, 3.63) is 12.2 Å². The van der Waals surface area contributed by atoms with Crippen LogP contribution in [-0.2, 0) is 23.9 Å². The minimum atomic E-state index is -3.26. The smallest absolute Gasteiger partial charge is 0.312 e. The fourth-order valence-electron chi connectivity index (χ4n) is 14.1. The van der Waals surface area contributed by atoms with E-state index in [1.165, 1.54) is 0 Å². The molecule has 292 valence electrons. The van der Waals surface area contributed by atoms with E-state index in [2.05, 4.69) is 46.5 Å². The van der Waals surface area contributed by atoms with Gasteiger partial charge in [-0.15, -0.1) is 0 Å². The molecule has 0 aromatic heterocycles. The molecule has 0 aromatic carbocycles. The number of fused-ring (bicyclic) bond motifs is 7. The molecule has 4 unspecified atom stereocenters. The standard InChI is InChI=1S/C42H63F2NO7/c1-23(2)25-12-17-41(34(50)45-29-20-24(33(48)49)21-42(29,43)44)19-18-39(8)26(32(25)41)10-11-28-38(7)15-14-30(52-35(51)36(3,4)22-31(46)47)37(5,6)27(38)13-16-40(28,39)9/h24-30,32H,1,10-22H2,2-9H3,(H,45,50)(H,46,47)(H,48,49)/t24?,25-,26?,27-,28+,29?,30-,32?,38-,39+,40+,41-/m0/s1. The summed E-state index contributed by atoms with van der Waals surface area (Å²) in [5, 5.41) is 21.6. The van der Waals surface area contributed by atoms with Crippen LogP contribution in [0.4, 0.5) is 8.78 Å². The lowest BCUT2D eigenvalue weighted by Crippen LogP contribution is -2.67. The van der Waals surface area contributed by atoms with Gasteiger partial charge in [-0.05, 0) is 137 Å². The number of amides is 1. The summed E-state index contributed by atoms with van der Waals surface area (Å²) in [6, 6.07) is -1.47. The zero-order valence-corrected chi connectivity index (χ0v) is 32.7. The van der Waals surface area contributed by atoms with E-state index in [9.17, 15) is 29.4 Å². The third-order valence-corrected chi connectivity index (χ3v) is 17.1. The number of carbonyl (C=O) groups is 4. The van der Waals surface area contributed by atoms with Gasteiger partial charge in [-0.2, -0.15) is 0 Å². The molecule has 3 N–H and O–H groups in total. The molecule has 0 aromatic rings. The van der Waals surface area contributed by atoms with Crippen molar-refractivity contribution >= 4 is 23.8 Å². The van der Waals surface area contributed by atoms with E-state index in [0.29, 0.717) is 24.7 Å². The number of ether oxygens (including phenoxy) is 1. The quantitative estimate of drug-likeness (QED) is 0.168. The first-order valence-electron chi connectivity index (χ1n) is 19.9. The van der Waals surface area contributed by atoms with Crippen LogP contribution in [0.25, 0.3) is 0 Å². The molecule has 6 aliphatic carbocycles. The number of rotatable bonds is 8. The maximum atomic E-state index is 15.1. The second-order valence-corrected chi connectivity index (χ2v) is 20.3. The third kappa shape index (κ3) is 5.67. The fourth-order valence-corrected chi connectivity index (χ4v) is 14.1. The number of carboxylic acid groups (broad SMARTS) is 2. The number of allylic oxidation sites excluding steroid dienone is 1. The summed E-state index contributed by atoms with van der Waals surface area (Å²) in [5.74, 6) is -6.43. The van der Waals surface area contributed by atoms with E-state index < -0.39 is 53.0 Å². The molecule has 6 aliphatic rings. The lowest BCUT2D eigenvalue weighted by molar-refractivity contribution is -0.250. The van der Waals surface area contributed by atoms with Crippen LogP contribution >= 0.6 is 0 Å². The summed E-state index contributed by atoms with van der Waals surface area (Å²) >= 11 is 0. The van der Waals surface area contributed by atoms with Crippen LogP contribution in [0.3, 0.4) is 0 Å². The second kappa shape index (κ2) is 12.5. The van der Waals surface area contributed by atoms with Gasteiger partial charge in [0.1, 0.15) is 6.10 Å². The Hall–Kier alpha value is -2.52. The largest absolute Gasteiger partial charge is 0.481 e. The van der Waals surface area contributed by atoms with E-state index in [1.807, 2.05) is 6.92 Å². The Balaban J connectivity index is 1.27. The number of nitrogens with one attached hydrogen (secondary N) is 1. The first-order valence-corrected chi connectivity index (χ1v) is 19.9. The van der Waals surface area contributed by atoms with E-state index in [4.69, 9.17) is 4.74 Å². The van der Waals surface area contributed by atoms with Gasteiger partial charge < -0.3 is 20.3 Å². The number of carboxylic acids is 2. The van der Waals surface area contributed by atoms with E-state index in [1.54, 1.807) is 13.8 Å². The van der Waals surface area contributed by atoms with Crippen molar-refractivity contribution in [3.63, 3.8) is 0 Å². The molecule has 6 saturated carbocycles. The highest BCUT2D eigenvalue weighted by atomic mass is 19.3. The average Bonchev–Trinajstić information content (AvgIpc) is 3.56. The predicted molar refractivity (Wildman–Crippen MR) is 192 cm³/mol. The molecule has 6 rings (SSSR count). The van der Waals surface area contributed by atoms with Crippen molar-refractivity contribution in [1.82, 2.24) is 5.32 Å². The molecule has 0 heterocycles. The molecule has 0 bridgehead atoms. The Morgan fingerprint density at radius 2 is 1.54 bits per heavy atom. The number of halogens is 2. The topological polar surface area (TPSA) is 130 Å². The molecule has 10 heteroatoms. The van der Waals surface area contributed by atoms with Crippen molar-refractivity contribution in [2.45, 2.75) is 157 Å². The van der Waals surface area contributed by atoms with Crippen LogP contribution in [-0.4, -0.2) is 52.1 Å². The highest BCUT2D eigenvalue weighted by Gasteiger charge is 2.72. The van der Waals surface area contributed by atoms with Crippen LogP contribution in [0.15, 0.2) is 12.2 Å². The first kappa shape index (κ1) is 39.2. The van der Waals surface area contributed by atoms with Gasteiger partial charge in [0.15, 0.2) is 0 Å². The van der Waals surface area contributed by atoms with Crippen LogP contribution in [0.1, 0.15) is 139 Å². The van der Waals surface area contributed by atoms with Gasteiger partial charge in [0.25, 0.3) is 5.92 Å². The second-order valence-electron chi connectivity index (χ2n) is 20.3. The molecule has 1 amide bonds. The summed E-state index contributed by atoms with van der Waals surface area (Å²) in [4.78, 5) is 50.9. The normalized spacial score (nSPS) is 44.7. The van der Waals surface area contributed by atoms with Crippen LogP contribution in [0, 0.1) is 68.0 Å². The molecular weight excluding hydrogens is 668 g/mol. The molecule has 0 radical (unpaired) electrons. The number of esters is 1. The zero-order chi connectivity index (χ0) is 38.6. The SMILES string of the molecule is C=C(C)[C@@H]1CC[C@]2(C(=O)NC3CC(C(=O)O)CC3(F)F)CC[C@]3(C)C(CC[C@@H]4[C@@]5(C)CC[C@H](OC(=O)C(C)(C)CC(=O)O)C(C)(C)[C@@H]5CC[C@]43C)C12. The minimum Gasteiger partial charge on any atom is -0.481 e. The predicted octanol–water partition coefficient (Wildman–Crippen LogP) is 8.67. The number of hydrogen-bond acceptors (Lipinski definition) is 5. The Bertz CT molecular complexity index is 1520. The maximum Gasteiger partial charge on any atom is 0.312 e. The Labute approximate surface area is 308 Å². The van der Waals surface area contributed by atoms with Crippen molar-refractivity contribution in [2.75, 3.05) is 0 Å². The van der Waals surface area contributed by atoms with Gasteiger partial charge in [-0.25, -0.2) is 8.78 Å². The van der Waals surface area contributed by atoms with Gasteiger partial charge in [-0.3, -0.25) is 19.2 Å². The van der Waals surface area contributed by atoms with Crippen LogP contribution in [0.2, 0.25) is 0 Å². The zero-order valence-electron chi connectivity index (χ0n) is 32.7. The highest BCUT2D eigenvalue weighted by molar-refractivity contribution is 5.85. The molecule has 52 heavy (non-hydrogen) atoms. The van der Waals surface area contributed by atoms with Gasteiger partial charge in [0, 0.05) is 11.8 Å². The Morgan fingerprint density at radius 3 is 2.13 bits per heavy atom. The molecule has 0 saturated heterocycles. The van der Waals surface area contributed by atoms with E-state index >= 15 is 8.78 Å². The minimum absolute atomic E-state index is 0.00590. The molecular formula is C42H63F2NO7. The van der Waals surface area contributed by atoms with Gasteiger partial charge in [0.05, 0.1) is 29.2 Å². The first-order chi connectivity index (χ1) is 23.9. The third-order valence-electron chi connectivity index (χ3n) is 17.1. The summed E-state index contributed by atoms with van der Waals surface area (Å²) < 4.78 is 36.5. The number of aliphatic carboxylic acids is 2. The van der Waals surface area contributed by atoms with Gasteiger partial charge in [0.2, 0.25) is 5.91 Å². The maximum absolute atomic E-state index is 15.1. The van der Waals surface area contributed by atoms with Gasteiger partial charge in [-0.1, -0.05) is 46.8 Å². The highest BCUT2D eigenvalue weighted by Crippen LogP contribution is 2.77. The molecule has 6 fully saturated rings. The average molecular weight is 732 g/mol. The van der Waals surface area contributed by atoms with Crippen LogP contribution < -0.4 is 5.32 Å². The summed E-state index contributed by atoms with van der Waals surface area (Å²) in [6.07, 6.45) is 6.88.